The third-order valence-electron chi connectivity index (χ3n) is 4.11. The molecule has 2 rings (SSSR count). The maximum atomic E-state index is 6.29. The first kappa shape index (κ1) is 14.5. The van der Waals surface area contributed by atoms with Crippen molar-refractivity contribution >= 4 is 0 Å². The lowest BCUT2D eigenvalue weighted by Crippen LogP contribution is -2.28. The molecule has 106 valence electrons. The van der Waals surface area contributed by atoms with Gasteiger partial charge >= 0.3 is 0 Å². The smallest absolute Gasteiger partial charge is 0.0811 e. The van der Waals surface area contributed by atoms with Crippen LogP contribution >= 0.6 is 0 Å². The zero-order valence-corrected chi connectivity index (χ0v) is 12.3. The van der Waals surface area contributed by atoms with Gasteiger partial charge in [-0.25, -0.2) is 0 Å². The zero-order valence-electron chi connectivity index (χ0n) is 12.3. The molecule has 0 saturated heterocycles. The molecule has 1 aromatic rings. The number of hydrogen-bond acceptors (Lipinski definition) is 2. The summed E-state index contributed by atoms with van der Waals surface area (Å²) in [6, 6.07) is 8.51. The van der Waals surface area contributed by atoms with Gasteiger partial charge in [-0.3, -0.25) is 0 Å². The van der Waals surface area contributed by atoms with Gasteiger partial charge in [-0.05, 0) is 24.5 Å². The van der Waals surface area contributed by atoms with E-state index in [1.165, 1.54) is 36.8 Å². The quantitative estimate of drug-likeness (QED) is 0.753. The molecule has 1 aliphatic rings. The monoisotopic (exact) mass is 261 g/mol. The lowest BCUT2D eigenvalue weighted by molar-refractivity contribution is -0.0142. The van der Waals surface area contributed by atoms with Gasteiger partial charge in [0.2, 0.25) is 0 Å². The van der Waals surface area contributed by atoms with E-state index in [0.29, 0.717) is 6.10 Å². The van der Waals surface area contributed by atoms with Crippen molar-refractivity contribution in [2.75, 3.05) is 0 Å². The summed E-state index contributed by atoms with van der Waals surface area (Å²) in [5.41, 5.74) is 8.92. The Morgan fingerprint density at radius 2 is 2.05 bits per heavy atom. The van der Waals surface area contributed by atoms with Crippen LogP contribution in [0.25, 0.3) is 0 Å². The Balaban J connectivity index is 1.78. The molecule has 0 aliphatic heterocycles. The fourth-order valence-electron chi connectivity index (χ4n) is 2.95. The Kier molecular flexibility index (Phi) is 5.41. The average Bonchev–Trinajstić information content (AvgIpc) is 2.72. The van der Waals surface area contributed by atoms with Gasteiger partial charge in [0, 0.05) is 6.42 Å². The van der Waals surface area contributed by atoms with Gasteiger partial charge in [-0.1, -0.05) is 56.9 Å². The SMILES string of the molecule is CCCCCCC(C)OC1Cc2ccccc2C1N. The summed E-state index contributed by atoms with van der Waals surface area (Å²) in [5, 5.41) is 0. The number of ether oxygens (including phenoxy) is 1. The standard InChI is InChI=1S/C17H27NO/c1-3-4-5-6-9-13(2)19-16-12-14-10-7-8-11-15(14)17(16)18/h7-8,10-11,13,16-17H,3-6,9,12,18H2,1-2H3. The third-order valence-corrected chi connectivity index (χ3v) is 4.11. The van der Waals surface area contributed by atoms with Crippen molar-refractivity contribution in [2.45, 2.75) is 70.6 Å². The number of hydrogen-bond donors (Lipinski definition) is 1. The summed E-state index contributed by atoms with van der Waals surface area (Å²) in [7, 11) is 0. The van der Waals surface area contributed by atoms with Crippen LogP contribution in [-0.4, -0.2) is 12.2 Å². The highest BCUT2D eigenvalue weighted by Crippen LogP contribution is 2.32. The fraction of sp³-hybridized carbons (Fsp3) is 0.647. The minimum absolute atomic E-state index is 0.0503. The van der Waals surface area contributed by atoms with Crippen LogP contribution in [-0.2, 0) is 11.2 Å². The molecule has 0 radical (unpaired) electrons. The molecule has 0 spiro atoms. The van der Waals surface area contributed by atoms with Crippen molar-refractivity contribution in [2.24, 2.45) is 5.73 Å². The maximum absolute atomic E-state index is 6.29. The van der Waals surface area contributed by atoms with E-state index < -0.39 is 0 Å². The molecular weight excluding hydrogens is 234 g/mol. The minimum Gasteiger partial charge on any atom is -0.373 e. The highest BCUT2D eigenvalue weighted by atomic mass is 16.5. The van der Waals surface area contributed by atoms with Crippen molar-refractivity contribution in [1.29, 1.82) is 0 Å². The van der Waals surface area contributed by atoms with Crippen molar-refractivity contribution < 1.29 is 4.74 Å². The molecule has 2 N–H and O–H groups in total. The van der Waals surface area contributed by atoms with Crippen LogP contribution in [0.15, 0.2) is 24.3 Å². The van der Waals surface area contributed by atoms with Gasteiger partial charge in [0.1, 0.15) is 0 Å². The lowest BCUT2D eigenvalue weighted by atomic mass is 10.1. The number of nitrogens with two attached hydrogens (primary N) is 1. The van der Waals surface area contributed by atoms with Gasteiger partial charge in [-0.15, -0.1) is 0 Å². The first-order valence-electron chi connectivity index (χ1n) is 7.71. The van der Waals surface area contributed by atoms with E-state index >= 15 is 0 Å². The van der Waals surface area contributed by atoms with Crippen LogP contribution in [0.2, 0.25) is 0 Å². The zero-order chi connectivity index (χ0) is 13.7. The number of fused-ring (bicyclic) bond motifs is 1. The van der Waals surface area contributed by atoms with Crippen LogP contribution in [0.1, 0.15) is 63.1 Å². The molecule has 0 fully saturated rings. The first-order chi connectivity index (χ1) is 9.22. The molecular formula is C17H27NO. The Bertz CT molecular complexity index is 391. The van der Waals surface area contributed by atoms with E-state index in [0.717, 1.165) is 12.8 Å². The molecule has 1 aromatic carbocycles. The van der Waals surface area contributed by atoms with Crippen LogP contribution in [0.4, 0.5) is 0 Å². The summed E-state index contributed by atoms with van der Waals surface area (Å²) < 4.78 is 6.16. The molecule has 0 heterocycles. The van der Waals surface area contributed by atoms with E-state index in [9.17, 15) is 0 Å². The van der Waals surface area contributed by atoms with Crippen molar-refractivity contribution in [3.8, 4) is 0 Å². The molecule has 0 saturated carbocycles. The van der Waals surface area contributed by atoms with Crippen LogP contribution in [0.3, 0.4) is 0 Å². The molecule has 2 heteroatoms. The van der Waals surface area contributed by atoms with Crippen molar-refractivity contribution in [3.05, 3.63) is 35.4 Å². The second-order valence-electron chi connectivity index (χ2n) is 5.76. The highest BCUT2D eigenvalue weighted by molar-refractivity contribution is 5.36. The second kappa shape index (κ2) is 7.06. The molecule has 2 nitrogen and oxygen atoms in total. The molecule has 1 aliphatic carbocycles. The largest absolute Gasteiger partial charge is 0.373 e. The average molecular weight is 261 g/mol. The van der Waals surface area contributed by atoms with Crippen LogP contribution < -0.4 is 5.73 Å². The van der Waals surface area contributed by atoms with Crippen molar-refractivity contribution in [1.82, 2.24) is 0 Å². The molecule has 19 heavy (non-hydrogen) atoms. The fourth-order valence-corrected chi connectivity index (χ4v) is 2.95. The third kappa shape index (κ3) is 3.80. The Hall–Kier alpha value is -0.860. The van der Waals surface area contributed by atoms with E-state index in [-0.39, 0.29) is 12.1 Å². The van der Waals surface area contributed by atoms with Crippen LogP contribution in [0, 0.1) is 0 Å². The van der Waals surface area contributed by atoms with E-state index in [4.69, 9.17) is 10.5 Å². The molecule has 0 amide bonds. The summed E-state index contributed by atoms with van der Waals surface area (Å²) in [6.07, 6.45) is 7.82. The first-order valence-corrected chi connectivity index (χ1v) is 7.71. The summed E-state index contributed by atoms with van der Waals surface area (Å²) in [4.78, 5) is 0. The van der Waals surface area contributed by atoms with Crippen molar-refractivity contribution in [3.63, 3.8) is 0 Å². The normalized spacial score (nSPS) is 23.3. The number of unbranched alkanes of at least 4 members (excludes halogenated alkanes) is 3. The summed E-state index contributed by atoms with van der Waals surface area (Å²) >= 11 is 0. The predicted molar refractivity (Wildman–Crippen MR) is 80.2 cm³/mol. The highest BCUT2D eigenvalue weighted by Gasteiger charge is 2.30. The molecule has 0 aromatic heterocycles. The van der Waals surface area contributed by atoms with E-state index in [1.54, 1.807) is 0 Å². The Labute approximate surface area is 117 Å². The predicted octanol–water partition coefficient (Wildman–Crippen LogP) is 3.99. The molecule has 0 bridgehead atoms. The number of rotatable bonds is 7. The van der Waals surface area contributed by atoms with Crippen LogP contribution in [0.5, 0.6) is 0 Å². The van der Waals surface area contributed by atoms with Gasteiger partial charge in [-0.2, -0.15) is 0 Å². The topological polar surface area (TPSA) is 35.2 Å². The number of benzene rings is 1. The van der Waals surface area contributed by atoms with E-state index in [1.807, 2.05) is 0 Å². The van der Waals surface area contributed by atoms with Gasteiger partial charge < -0.3 is 10.5 Å². The summed E-state index contributed by atoms with van der Waals surface area (Å²) in [5.74, 6) is 0. The summed E-state index contributed by atoms with van der Waals surface area (Å²) in [6.45, 7) is 4.43. The Morgan fingerprint density at radius 1 is 1.26 bits per heavy atom. The second-order valence-corrected chi connectivity index (χ2v) is 5.76. The van der Waals surface area contributed by atoms with Gasteiger partial charge in [0.25, 0.3) is 0 Å². The minimum atomic E-state index is 0.0503. The molecule has 3 atom stereocenters. The lowest BCUT2D eigenvalue weighted by Gasteiger charge is -2.22. The molecule has 3 unspecified atom stereocenters. The van der Waals surface area contributed by atoms with E-state index in [2.05, 4.69) is 38.1 Å². The van der Waals surface area contributed by atoms with Gasteiger partial charge in [0.15, 0.2) is 0 Å². The maximum Gasteiger partial charge on any atom is 0.0811 e. The Morgan fingerprint density at radius 3 is 2.79 bits per heavy atom. The van der Waals surface area contributed by atoms with Gasteiger partial charge in [0.05, 0.1) is 18.2 Å².